The number of carbonyl (C=O) groups excluding carboxylic acids is 1. The molecule has 0 aromatic rings. The zero-order chi connectivity index (χ0) is 56.6. The monoisotopic (exact) mass is 1100 g/mol. The van der Waals surface area contributed by atoms with Gasteiger partial charge in [0.25, 0.3) is 0 Å². The van der Waals surface area contributed by atoms with Gasteiger partial charge in [-0.3, -0.25) is 9.59 Å². The highest BCUT2D eigenvalue weighted by Gasteiger charge is 2.74. The molecular formula is C52H80O25. The molecule has 9 rings (SSSR count). The summed E-state index contributed by atoms with van der Waals surface area (Å²) in [6, 6.07) is 0. The molecule has 77 heavy (non-hydrogen) atoms. The zero-order valence-corrected chi connectivity index (χ0v) is 44.3. The molecule has 29 atom stereocenters. The summed E-state index contributed by atoms with van der Waals surface area (Å²) in [5.74, 6) is -5.52. The van der Waals surface area contributed by atoms with Crippen LogP contribution in [0.3, 0.4) is 0 Å². The van der Waals surface area contributed by atoms with Crippen LogP contribution in [0.1, 0.15) is 99.8 Å². The number of esters is 1. The Labute approximate surface area is 444 Å². The molecule has 9 aliphatic rings. The van der Waals surface area contributed by atoms with Gasteiger partial charge in [-0.25, -0.2) is 4.79 Å². The highest BCUT2D eigenvalue weighted by atomic mass is 16.8. The Bertz CT molecular complexity index is 2250. The average molecular weight is 1110 g/mol. The lowest BCUT2D eigenvalue weighted by Gasteiger charge is -2.71. The van der Waals surface area contributed by atoms with Crippen molar-refractivity contribution >= 4 is 17.9 Å². The molecule has 0 amide bonds. The van der Waals surface area contributed by atoms with Gasteiger partial charge in [0, 0.05) is 0 Å². The second-order valence-electron chi connectivity index (χ2n) is 25.4. The van der Waals surface area contributed by atoms with Crippen LogP contribution in [0, 0.1) is 50.2 Å². The summed E-state index contributed by atoms with van der Waals surface area (Å²) in [6.07, 6.45) is -31.2. The van der Waals surface area contributed by atoms with E-state index >= 15 is 4.79 Å². The number of carboxylic acid groups (broad SMARTS) is 2. The third kappa shape index (κ3) is 9.22. The van der Waals surface area contributed by atoms with Crippen molar-refractivity contribution in [3.05, 3.63) is 11.6 Å². The van der Waals surface area contributed by atoms with Crippen LogP contribution >= 0.6 is 0 Å². The maximum Gasteiger partial charge on any atom is 0.335 e. The molecule has 0 aromatic carbocycles. The van der Waals surface area contributed by atoms with Crippen LogP contribution < -0.4 is 0 Å². The lowest BCUT2D eigenvalue weighted by molar-refractivity contribution is -0.360. The van der Waals surface area contributed by atoms with E-state index in [-0.39, 0.29) is 37.0 Å². The molecule has 4 heterocycles. The van der Waals surface area contributed by atoms with Crippen molar-refractivity contribution in [2.45, 2.75) is 229 Å². The van der Waals surface area contributed by atoms with Crippen LogP contribution in [0.25, 0.3) is 0 Å². The molecule has 0 spiro atoms. The molecular weight excluding hydrogens is 1020 g/mol. The normalized spacial score (nSPS) is 54.6. The Kier molecular flexibility index (Phi) is 15.8. The second-order valence-corrected chi connectivity index (χ2v) is 25.4. The molecule has 8 fully saturated rings. The van der Waals surface area contributed by atoms with Gasteiger partial charge in [0.15, 0.2) is 31.1 Å². The van der Waals surface area contributed by atoms with E-state index in [1.54, 1.807) is 0 Å². The molecule has 4 saturated carbocycles. The number of carboxylic acids is 2. The van der Waals surface area contributed by atoms with Crippen molar-refractivity contribution in [2.75, 3.05) is 13.2 Å². The first-order chi connectivity index (χ1) is 35.8. The van der Waals surface area contributed by atoms with E-state index in [0.717, 1.165) is 5.57 Å². The Balaban J connectivity index is 0.964. The Morgan fingerprint density at radius 2 is 1.23 bits per heavy atom. The van der Waals surface area contributed by atoms with E-state index in [2.05, 4.69) is 33.8 Å². The average Bonchev–Trinajstić information content (AvgIpc) is 3.55. The molecule has 0 aromatic heterocycles. The quantitative estimate of drug-likeness (QED) is 0.0604. The molecule has 5 aliphatic carbocycles. The van der Waals surface area contributed by atoms with Crippen LogP contribution in [0.2, 0.25) is 0 Å². The highest BCUT2D eigenvalue weighted by molar-refractivity contribution is 5.80. The number of ether oxygens (including phenoxy) is 8. The minimum atomic E-state index is -2.03. The van der Waals surface area contributed by atoms with Gasteiger partial charge >= 0.3 is 17.9 Å². The van der Waals surface area contributed by atoms with Gasteiger partial charge < -0.3 is 109 Å². The maximum atomic E-state index is 15.3. The summed E-state index contributed by atoms with van der Waals surface area (Å²) >= 11 is 0. The summed E-state index contributed by atoms with van der Waals surface area (Å²) in [4.78, 5) is 40.9. The molecule has 25 heteroatoms. The molecule has 4 saturated heterocycles. The summed E-state index contributed by atoms with van der Waals surface area (Å²) in [5.41, 5.74) is -5.37. The number of allylic oxidation sites excluding steroid dienone is 2. The fraction of sp³-hybridized carbons (Fsp3) is 0.904. The predicted octanol–water partition coefficient (Wildman–Crippen LogP) is -2.63. The first-order valence-electron chi connectivity index (χ1n) is 26.9. The summed E-state index contributed by atoms with van der Waals surface area (Å²) in [6.45, 7) is 12.1. The van der Waals surface area contributed by atoms with Gasteiger partial charge in [-0.1, -0.05) is 46.3 Å². The van der Waals surface area contributed by atoms with Crippen LogP contribution in [-0.4, -0.2) is 232 Å². The maximum absolute atomic E-state index is 15.3. The number of aliphatic hydroxyl groups is 12. The van der Waals surface area contributed by atoms with Crippen molar-refractivity contribution in [1.82, 2.24) is 0 Å². The van der Waals surface area contributed by atoms with Gasteiger partial charge in [0.2, 0.25) is 6.29 Å². The summed E-state index contributed by atoms with van der Waals surface area (Å²) < 4.78 is 46.3. The van der Waals surface area contributed by atoms with Crippen molar-refractivity contribution in [3.63, 3.8) is 0 Å². The number of rotatable bonds is 10. The number of aliphatic carboxylic acids is 2. The van der Waals surface area contributed by atoms with E-state index in [1.165, 1.54) is 13.8 Å². The summed E-state index contributed by atoms with van der Waals surface area (Å²) in [7, 11) is 0. The van der Waals surface area contributed by atoms with E-state index in [0.29, 0.717) is 25.7 Å². The van der Waals surface area contributed by atoms with Gasteiger partial charge in [0.05, 0.1) is 36.9 Å². The molecule has 4 aliphatic heterocycles. The standard InChI is InChI=1S/C52H80O25/c1-19-28(56)31(59)35(63)42(72-19)73-24-18-71-41(34(62)30(24)58)75-38-29(57)23(54)17-70-44(38)77-46(69)52-13-12-47(2,3)14-21(52)20-8-9-25-48(4)15-22(53)39(76-43-36(64)32(60)33(61)37(74-43)40(65)66)51(7,45(67)68)26(48)10-11-49(25,5)50(20,6)16-27(52)55/h8,19,21-39,41-44,53-64H,9-18H2,1-7H3,(H,65,66)(H,67,68)/t19-,21?,22-,23+,24-,25?,26?,27+,28-,29-,30-,31+,32-,33-,34+,35+,36+,37-,38-,39-,41-,42+,43-,44+,48+,49+,50+,51-,52+/m0/s1. The van der Waals surface area contributed by atoms with Crippen LogP contribution in [-0.2, 0) is 52.3 Å². The van der Waals surface area contributed by atoms with E-state index in [1.807, 2.05) is 6.92 Å². The molecule has 438 valence electrons. The van der Waals surface area contributed by atoms with Crippen molar-refractivity contribution in [3.8, 4) is 0 Å². The molecule has 25 nitrogen and oxygen atoms in total. The Morgan fingerprint density at radius 3 is 1.88 bits per heavy atom. The van der Waals surface area contributed by atoms with Crippen molar-refractivity contribution in [2.24, 2.45) is 50.2 Å². The fourth-order valence-electron chi connectivity index (χ4n) is 16.0. The predicted molar refractivity (Wildman–Crippen MR) is 255 cm³/mol. The first kappa shape index (κ1) is 59.0. The topological polar surface area (TPSA) is 408 Å². The van der Waals surface area contributed by atoms with Gasteiger partial charge in [0.1, 0.15) is 78.7 Å². The molecule has 14 N–H and O–H groups in total. The number of hydrogen-bond donors (Lipinski definition) is 14. The SMILES string of the molecule is C[C@@H]1O[C@H](O[C@H]2CO[C@@H](O[C@@H]3[C@@H](OC(=O)[C@]45CCC(C)(C)CC4C4=CCC6[C@@]7(C)C[C@H](O)[C@H](O[C@@H]8O[C@H](C(=O)O)[C@@H](O)[C@H](O)[C@H]8O)[C@@](C)(C(=O)O)C7CC[C@@]6(C)[C@]4(C)C[C@H]5O)OC[C@@H](O)[C@@H]3O)[C@H](O)[C@H]2O)[C@H](O)[C@H](O)[C@H]1O. The minimum absolute atomic E-state index is 0.00650. The van der Waals surface area contributed by atoms with Gasteiger partial charge in [-0.15, -0.1) is 0 Å². The Hall–Kier alpha value is -2.61. The largest absolute Gasteiger partial charge is 0.481 e. The van der Waals surface area contributed by atoms with Crippen LogP contribution in [0.5, 0.6) is 0 Å². The second kappa shape index (κ2) is 20.7. The highest BCUT2D eigenvalue weighted by Crippen LogP contribution is 2.76. The molecule has 0 bridgehead atoms. The van der Waals surface area contributed by atoms with Gasteiger partial charge in [-0.05, 0) is 105 Å². The molecule has 0 radical (unpaired) electrons. The zero-order valence-electron chi connectivity index (χ0n) is 44.3. The van der Waals surface area contributed by atoms with Crippen molar-refractivity contribution in [1.29, 1.82) is 0 Å². The lowest BCUT2D eigenvalue weighted by Crippen LogP contribution is -2.71. The number of aliphatic hydroxyl groups excluding tert-OH is 12. The van der Waals surface area contributed by atoms with Crippen LogP contribution in [0.15, 0.2) is 11.6 Å². The smallest absolute Gasteiger partial charge is 0.335 e. The fourth-order valence-corrected chi connectivity index (χ4v) is 16.0. The third-order valence-electron chi connectivity index (χ3n) is 20.7. The van der Waals surface area contributed by atoms with E-state index in [4.69, 9.17) is 37.9 Å². The van der Waals surface area contributed by atoms with E-state index in [9.17, 15) is 81.1 Å². The van der Waals surface area contributed by atoms with E-state index < -0.39 is 199 Å². The Morgan fingerprint density at radius 1 is 0.610 bits per heavy atom. The summed E-state index contributed by atoms with van der Waals surface area (Å²) in [5, 5.41) is 153. The lowest BCUT2D eigenvalue weighted by atomic mass is 9.33. The molecule has 3 unspecified atom stereocenters. The first-order valence-corrected chi connectivity index (χ1v) is 26.9. The van der Waals surface area contributed by atoms with Gasteiger partial charge in [-0.2, -0.15) is 0 Å². The number of hydrogen-bond acceptors (Lipinski definition) is 23. The van der Waals surface area contributed by atoms with Crippen LogP contribution in [0.4, 0.5) is 0 Å². The number of carbonyl (C=O) groups is 3. The minimum Gasteiger partial charge on any atom is -0.481 e. The number of fused-ring (bicyclic) bond motifs is 7. The third-order valence-corrected chi connectivity index (χ3v) is 20.7. The van der Waals surface area contributed by atoms with Crippen molar-refractivity contribution < 1.29 is 124 Å².